The van der Waals surface area contributed by atoms with Crippen LogP contribution in [0, 0.1) is 5.82 Å². The normalized spacial score (nSPS) is 18.6. The second-order valence-electron chi connectivity index (χ2n) is 7.63. The first-order valence-corrected chi connectivity index (χ1v) is 11.6. The van der Waals surface area contributed by atoms with Crippen LogP contribution >= 0.6 is 24.0 Å². The number of halogens is 1. The molecule has 4 rings (SSSR count). The van der Waals surface area contributed by atoms with E-state index >= 15 is 0 Å². The molecule has 2 aliphatic rings. The molecule has 7 heteroatoms. The molecule has 0 radical (unpaired) electrons. The molecule has 0 bridgehead atoms. The summed E-state index contributed by atoms with van der Waals surface area (Å²) in [5.41, 5.74) is 1.29. The van der Waals surface area contributed by atoms with E-state index < -0.39 is 0 Å². The maximum Gasteiger partial charge on any atom is 0.266 e. The van der Waals surface area contributed by atoms with Crippen LogP contribution in [0.2, 0.25) is 0 Å². The Morgan fingerprint density at radius 1 is 1.16 bits per heavy atom. The molecule has 1 heterocycles. The summed E-state index contributed by atoms with van der Waals surface area (Å²) < 4.78 is 25.7. The lowest BCUT2D eigenvalue weighted by Crippen LogP contribution is -2.39. The van der Waals surface area contributed by atoms with Crippen molar-refractivity contribution in [3.05, 3.63) is 64.3 Å². The van der Waals surface area contributed by atoms with Crippen molar-refractivity contribution in [2.45, 2.75) is 44.8 Å². The third kappa shape index (κ3) is 4.93. The van der Waals surface area contributed by atoms with Gasteiger partial charge in [0.1, 0.15) is 16.7 Å². The first-order chi connectivity index (χ1) is 15.1. The predicted molar refractivity (Wildman–Crippen MR) is 126 cm³/mol. The molecule has 2 aromatic rings. The molecule has 0 unspecified atom stereocenters. The summed E-state index contributed by atoms with van der Waals surface area (Å²) in [5, 5.41) is 0. The van der Waals surface area contributed by atoms with Gasteiger partial charge < -0.3 is 9.47 Å². The highest BCUT2D eigenvalue weighted by Gasteiger charge is 2.37. The summed E-state index contributed by atoms with van der Waals surface area (Å²) >= 11 is 6.86. The van der Waals surface area contributed by atoms with Gasteiger partial charge in [-0.2, -0.15) is 0 Å². The Morgan fingerprint density at radius 3 is 2.68 bits per heavy atom. The van der Waals surface area contributed by atoms with Gasteiger partial charge in [-0.15, -0.1) is 0 Å². The number of nitrogens with zero attached hydrogens (tertiary/aromatic N) is 1. The summed E-state index contributed by atoms with van der Waals surface area (Å²) in [4.78, 5) is 15.4. The van der Waals surface area contributed by atoms with Crippen molar-refractivity contribution in [1.82, 2.24) is 4.90 Å². The zero-order chi connectivity index (χ0) is 21.8. The Balaban J connectivity index is 1.49. The number of thiocarbonyl (C=S) groups is 1. The van der Waals surface area contributed by atoms with Crippen LogP contribution in [0.15, 0.2) is 47.4 Å². The number of benzene rings is 2. The highest BCUT2D eigenvalue weighted by Crippen LogP contribution is 2.38. The third-order valence-electron chi connectivity index (χ3n) is 5.59. The quantitative estimate of drug-likeness (QED) is 0.396. The largest absolute Gasteiger partial charge is 0.493 e. The summed E-state index contributed by atoms with van der Waals surface area (Å²) in [6, 6.07) is 12.2. The second kappa shape index (κ2) is 9.83. The number of hydrogen-bond acceptors (Lipinski definition) is 5. The van der Waals surface area contributed by atoms with E-state index in [9.17, 15) is 9.18 Å². The Hall–Kier alpha value is -2.38. The van der Waals surface area contributed by atoms with Gasteiger partial charge in [0.25, 0.3) is 5.91 Å². The van der Waals surface area contributed by atoms with E-state index in [-0.39, 0.29) is 24.4 Å². The maximum atomic E-state index is 13.8. The lowest BCUT2D eigenvalue weighted by Gasteiger charge is -2.29. The zero-order valence-corrected chi connectivity index (χ0v) is 18.9. The summed E-state index contributed by atoms with van der Waals surface area (Å²) in [6.45, 7) is 0.0996. The number of thioether (sulfide) groups is 1. The smallest absolute Gasteiger partial charge is 0.266 e. The lowest BCUT2D eigenvalue weighted by molar-refractivity contribution is -0.124. The number of rotatable bonds is 6. The number of ether oxygens (including phenoxy) is 2. The predicted octanol–water partition coefficient (Wildman–Crippen LogP) is 5.95. The molecule has 0 aromatic heterocycles. The van der Waals surface area contributed by atoms with Gasteiger partial charge in [0, 0.05) is 11.6 Å². The zero-order valence-electron chi connectivity index (χ0n) is 17.3. The first kappa shape index (κ1) is 21.8. The molecule has 1 saturated carbocycles. The highest BCUT2D eigenvalue weighted by molar-refractivity contribution is 8.26. The van der Waals surface area contributed by atoms with E-state index in [1.54, 1.807) is 36.3 Å². The van der Waals surface area contributed by atoms with Gasteiger partial charge in [-0.1, -0.05) is 67.5 Å². The third-order valence-corrected chi connectivity index (χ3v) is 6.92. The number of carbonyl (C=O) groups is 1. The average Bonchev–Trinajstić information content (AvgIpc) is 3.07. The van der Waals surface area contributed by atoms with Crippen LogP contribution < -0.4 is 9.47 Å². The highest BCUT2D eigenvalue weighted by atomic mass is 32.2. The van der Waals surface area contributed by atoms with E-state index in [0.29, 0.717) is 26.3 Å². The van der Waals surface area contributed by atoms with Gasteiger partial charge in [0.15, 0.2) is 11.5 Å². The van der Waals surface area contributed by atoms with Gasteiger partial charge in [-0.05, 0) is 42.7 Å². The van der Waals surface area contributed by atoms with Crippen molar-refractivity contribution >= 4 is 40.3 Å². The van der Waals surface area contributed by atoms with Crippen molar-refractivity contribution < 1.29 is 18.7 Å². The molecule has 2 aromatic carbocycles. The fourth-order valence-electron chi connectivity index (χ4n) is 3.95. The fraction of sp³-hybridized carbons (Fsp3) is 0.333. The van der Waals surface area contributed by atoms with E-state index in [0.717, 1.165) is 31.2 Å². The topological polar surface area (TPSA) is 38.8 Å². The molecule has 0 N–H and O–H groups in total. The summed E-state index contributed by atoms with van der Waals surface area (Å²) in [6.07, 6.45) is 7.39. The molecule has 31 heavy (non-hydrogen) atoms. The summed E-state index contributed by atoms with van der Waals surface area (Å²) in [7, 11) is 1.55. The van der Waals surface area contributed by atoms with Crippen LogP contribution in [0.1, 0.15) is 43.2 Å². The van der Waals surface area contributed by atoms with Gasteiger partial charge in [0.2, 0.25) is 0 Å². The molecule has 4 nitrogen and oxygen atoms in total. The van der Waals surface area contributed by atoms with E-state index in [2.05, 4.69) is 0 Å². The average molecular weight is 458 g/mol. The Bertz CT molecular complexity index is 1020. The molecule has 1 aliphatic heterocycles. The van der Waals surface area contributed by atoms with Crippen LogP contribution in [0.5, 0.6) is 11.5 Å². The van der Waals surface area contributed by atoms with Crippen LogP contribution in [0.4, 0.5) is 4.39 Å². The molecule has 0 spiro atoms. The Labute approximate surface area is 191 Å². The molecule has 1 amide bonds. The van der Waals surface area contributed by atoms with Crippen molar-refractivity contribution in [3.8, 4) is 11.5 Å². The molecular formula is C24H24FNO3S2. The van der Waals surface area contributed by atoms with Crippen LogP contribution in [-0.4, -0.2) is 28.3 Å². The lowest BCUT2D eigenvalue weighted by atomic mass is 9.94. The minimum absolute atomic E-state index is 0.0132. The fourth-order valence-corrected chi connectivity index (χ4v) is 5.35. The van der Waals surface area contributed by atoms with Crippen molar-refractivity contribution in [1.29, 1.82) is 0 Å². The van der Waals surface area contributed by atoms with E-state index in [1.807, 2.05) is 18.2 Å². The minimum Gasteiger partial charge on any atom is -0.493 e. The molecule has 162 valence electrons. The first-order valence-electron chi connectivity index (χ1n) is 10.4. The monoisotopic (exact) mass is 457 g/mol. The van der Waals surface area contributed by atoms with E-state index in [4.69, 9.17) is 21.7 Å². The summed E-state index contributed by atoms with van der Waals surface area (Å²) in [5.74, 6) is 0.712. The van der Waals surface area contributed by atoms with Crippen molar-refractivity contribution in [3.63, 3.8) is 0 Å². The molecular weight excluding hydrogens is 433 g/mol. The number of methoxy groups -OCH3 is 1. The maximum absolute atomic E-state index is 13.8. The molecule has 1 saturated heterocycles. The van der Waals surface area contributed by atoms with E-state index in [1.165, 1.54) is 24.2 Å². The van der Waals surface area contributed by atoms with Crippen LogP contribution in [0.25, 0.3) is 6.08 Å². The van der Waals surface area contributed by atoms with Crippen molar-refractivity contribution in [2.24, 2.45) is 0 Å². The molecule has 1 aliphatic carbocycles. The molecule has 2 fully saturated rings. The Morgan fingerprint density at radius 2 is 1.94 bits per heavy atom. The van der Waals surface area contributed by atoms with Crippen LogP contribution in [0.3, 0.4) is 0 Å². The van der Waals surface area contributed by atoms with Gasteiger partial charge in [0.05, 0.1) is 12.0 Å². The number of amides is 1. The minimum atomic E-state index is -0.307. The number of carbonyl (C=O) groups excluding carboxylic acids is 1. The van der Waals surface area contributed by atoms with Gasteiger partial charge in [-0.25, -0.2) is 4.39 Å². The van der Waals surface area contributed by atoms with Gasteiger partial charge in [-0.3, -0.25) is 9.69 Å². The van der Waals surface area contributed by atoms with Crippen LogP contribution in [-0.2, 0) is 11.4 Å². The van der Waals surface area contributed by atoms with Crippen molar-refractivity contribution in [2.75, 3.05) is 7.11 Å². The second-order valence-corrected chi connectivity index (χ2v) is 9.31. The standard InChI is InChI=1S/C24H24FNO3S2/c1-28-21-13-16(11-12-20(21)29-15-17-7-5-6-10-19(17)25)14-22-23(27)26(24(30)31-22)18-8-3-2-4-9-18/h5-7,10-14,18H,2-4,8-9,15H2,1H3. The Kier molecular flexibility index (Phi) is 6.92. The molecule has 0 atom stereocenters. The van der Waals surface area contributed by atoms with Gasteiger partial charge >= 0.3 is 0 Å². The SMILES string of the molecule is COc1cc(C=C2SC(=S)N(C3CCCCC3)C2=O)ccc1OCc1ccccc1F. The number of hydrogen-bond donors (Lipinski definition) is 0.